The predicted octanol–water partition coefficient (Wildman–Crippen LogP) is 3.16. The van der Waals surface area contributed by atoms with Crippen molar-refractivity contribution >= 4 is 0 Å². The maximum Gasteiger partial charge on any atom is 0.115 e. The van der Waals surface area contributed by atoms with Crippen LogP contribution in [-0.2, 0) is 16.6 Å². The number of phenolic OH excluding ortho intramolecular Hbond substituents is 1. The van der Waals surface area contributed by atoms with Crippen molar-refractivity contribution in [2.75, 3.05) is 13.2 Å². The van der Waals surface area contributed by atoms with Gasteiger partial charge < -0.3 is 14.9 Å². The number of hydrogen-bond donors (Lipinski definition) is 2. The highest BCUT2D eigenvalue weighted by Gasteiger charge is 2.38. The Labute approximate surface area is 121 Å². The molecular formula is C17H26O3. The minimum absolute atomic E-state index is 0.107. The lowest BCUT2D eigenvalue weighted by Gasteiger charge is -2.41. The molecule has 2 N–H and O–H groups in total. The summed E-state index contributed by atoms with van der Waals surface area (Å²) in [7, 11) is 0. The molecule has 1 aromatic carbocycles. The Hall–Kier alpha value is -1.06. The Morgan fingerprint density at radius 2 is 2.05 bits per heavy atom. The molecule has 0 bridgehead atoms. The molecule has 3 heteroatoms. The SMILES string of the molecule is CCC1(CC)CC(OCCCO)Cc2ccc(O)cc21. The first-order chi connectivity index (χ1) is 9.65. The van der Waals surface area contributed by atoms with Crippen LogP contribution < -0.4 is 0 Å². The van der Waals surface area contributed by atoms with Crippen LogP contribution in [-0.4, -0.2) is 29.5 Å². The van der Waals surface area contributed by atoms with Crippen LogP contribution in [0, 0.1) is 0 Å². The number of fused-ring (bicyclic) bond motifs is 1. The van der Waals surface area contributed by atoms with Crippen molar-refractivity contribution in [3.63, 3.8) is 0 Å². The van der Waals surface area contributed by atoms with Gasteiger partial charge in [0.1, 0.15) is 5.75 Å². The Morgan fingerprint density at radius 1 is 1.30 bits per heavy atom. The first-order valence-corrected chi connectivity index (χ1v) is 7.70. The Morgan fingerprint density at radius 3 is 2.70 bits per heavy atom. The third-order valence-corrected chi connectivity index (χ3v) is 4.74. The van der Waals surface area contributed by atoms with Gasteiger partial charge in [-0.2, -0.15) is 0 Å². The summed E-state index contributed by atoms with van der Waals surface area (Å²) >= 11 is 0. The smallest absolute Gasteiger partial charge is 0.115 e. The summed E-state index contributed by atoms with van der Waals surface area (Å²) < 4.78 is 5.95. The van der Waals surface area contributed by atoms with Gasteiger partial charge in [-0.3, -0.25) is 0 Å². The predicted molar refractivity (Wildman–Crippen MR) is 80.1 cm³/mol. The van der Waals surface area contributed by atoms with E-state index in [0.717, 1.165) is 25.7 Å². The number of hydrogen-bond acceptors (Lipinski definition) is 3. The Balaban J connectivity index is 2.25. The number of phenols is 1. The van der Waals surface area contributed by atoms with E-state index in [-0.39, 0.29) is 18.1 Å². The van der Waals surface area contributed by atoms with Gasteiger partial charge in [-0.05, 0) is 60.8 Å². The molecule has 3 nitrogen and oxygen atoms in total. The van der Waals surface area contributed by atoms with Crippen LogP contribution >= 0.6 is 0 Å². The third-order valence-electron chi connectivity index (χ3n) is 4.74. The van der Waals surface area contributed by atoms with Crippen molar-refractivity contribution in [3.05, 3.63) is 29.3 Å². The molecule has 0 saturated heterocycles. The number of benzene rings is 1. The fourth-order valence-corrected chi connectivity index (χ4v) is 3.45. The van der Waals surface area contributed by atoms with Gasteiger partial charge in [0.15, 0.2) is 0 Å². The van der Waals surface area contributed by atoms with Gasteiger partial charge >= 0.3 is 0 Å². The average molecular weight is 278 g/mol. The second-order valence-corrected chi connectivity index (χ2v) is 5.81. The molecule has 0 heterocycles. The fourth-order valence-electron chi connectivity index (χ4n) is 3.45. The summed E-state index contributed by atoms with van der Waals surface area (Å²) in [6.07, 6.45) is 4.94. The molecule has 1 aliphatic rings. The first-order valence-electron chi connectivity index (χ1n) is 7.70. The molecule has 20 heavy (non-hydrogen) atoms. The van der Waals surface area contributed by atoms with Gasteiger partial charge in [0.05, 0.1) is 6.10 Å². The summed E-state index contributed by atoms with van der Waals surface area (Å²) in [5.74, 6) is 0.356. The standard InChI is InChI=1S/C17H26O3/c1-3-17(4-2)12-15(20-9-5-8-18)10-13-6-7-14(19)11-16(13)17/h6-7,11,15,18-19H,3-5,8-10,12H2,1-2H3. The lowest BCUT2D eigenvalue weighted by molar-refractivity contribution is 0.0154. The Bertz CT molecular complexity index is 438. The Kier molecular flexibility index (Phi) is 5.06. The highest BCUT2D eigenvalue weighted by Crippen LogP contribution is 2.44. The van der Waals surface area contributed by atoms with E-state index in [1.165, 1.54) is 11.1 Å². The topological polar surface area (TPSA) is 49.7 Å². The lowest BCUT2D eigenvalue weighted by Crippen LogP contribution is -2.38. The molecule has 0 amide bonds. The number of aliphatic hydroxyl groups excluding tert-OH is 1. The summed E-state index contributed by atoms with van der Waals surface area (Å²) in [6, 6.07) is 5.74. The molecule has 1 unspecified atom stereocenters. The van der Waals surface area contributed by atoms with Crippen LogP contribution in [0.3, 0.4) is 0 Å². The first kappa shape index (κ1) is 15.3. The van der Waals surface area contributed by atoms with E-state index in [0.29, 0.717) is 18.8 Å². The second-order valence-electron chi connectivity index (χ2n) is 5.81. The van der Waals surface area contributed by atoms with Crippen LogP contribution in [0.5, 0.6) is 5.75 Å². The van der Waals surface area contributed by atoms with E-state index in [1.807, 2.05) is 12.1 Å². The third kappa shape index (κ3) is 2.99. The molecule has 1 aliphatic carbocycles. The number of ether oxygens (including phenoxy) is 1. The normalized spacial score (nSPS) is 20.6. The molecule has 1 atom stereocenters. The summed E-state index contributed by atoms with van der Waals surface area (Å²) in [6.45, 7) is 5.24. The van der Waals surface area contributed by atoms with Crippen molar-refractivity contribution in [3.8, 4) is 5.75 Å². The van der Waals surface area contributed by atoms with Gasteiger partial charge in [-0.1, -0.05) is 19.9 Å². The molecule has 112 valence electrons. The van der Waals surface area contributed by atoms with Gasteiger partial charge in [0.2, 0.25) is 0 Å². The molecule has 0 saturated carbocycles. The van der Waals surface area contributed by atoms with Crippen LogP contribution in [0.2, 0.25) is 0 Å². The monoisotopic (exact) mass is 278 g/mol. The van der Waals surface area contributed by atoms with E-state index in [1.54, 1.807) is 6.07 Å². The minimum Gasteiger partial charge on any atom is -0.508 e. The zero-order chi connectivity index (χ0) is 14.6. The summed E-state index contributed by atoms with van der Waals surface area (Å²) in [4.78, 5) is 0. The zero-order valence-electron chi connectivity index (χ0n) is 12.6. The molecule has 0 aromatic heterocycles. The highest BCUT2D eigenvalue weighted by molar-refractivity contribution is 5.42. The van der Waals surface area contributed by atoms with Gasteiger partial charge in [-0.15, -0.1) is 0 Å². The molecule has 0 aliphatic heterocycles. The molecule has 2 rings (SSSR count). The average Bonchev–Trinajstić information content (AvgIpc) is 2.47. The van der Waals surface area contributed by atoms with Gasteiger partial charge in [-0.25, -0.2) is 0 Å². The largest absolute Gasteiger partial charge is 0.508 e. The fraction of sp³-hybridized carbons (Fsp3) is 0.647. The van der Waals surface area contributed by atoms with E-state index in [9.17, 15) is 5.11 Å². The quantitative estimate of drug-likeness (QED) is 0.786. The number of aromatic hydroxyl groups is 1. The van der Waals surface area contributed by atoms with Crippen LogP contribution in [0.4, 0.5) is 0 Å². The van der Waals surface area contributed by atoms with Crippen LogP contribution in [0.1, 0.15) is 50.7 Å². The molecular weight excluding hydrogens is 252 g/mol. The molecule has 0 radical (unpaired) electrons. The van der Waals surface area contributed by atoms with E-state index in [2.05, 4.69) is 13.8 Å². The zero-order valence-corrected chi connectivity index (χ0v) is 12.6. The van der Waals surface area contributed by atoms with Crippen molar-refractivity contribution < 1.29 is 14.9 Å². The second kappa shape index (κ2) is 6.59. The lowest BCUT2D eigenvalue weighted by atomic mass is 9.66. The maximum atomic E-state index is 9.79. The van der Waals surface area contributed by atoms with Crippen LogP contribution in [0.25, 0.3) is 0 Å². The molecule has 0 spiro atoms. The molecule has 1 aromatic rings. The van der Waals surface area contributed by atoms with Crippen LogP contribution in [0.15, 0.2) is 18.2 Å². The molecule has 0 fully saturated rings. The number of aliphatic hydroxyl groups is 1. The van der Waals surface area contributed by atoms with E-state index >= 15 is 0 Å². The summed E-state index contributed by atoms with van der Waals surface area (Å²) in [5, 5.41) is 18.7. The van der Waals surface area contributed by atoms with Crippen molar-refractivity contribution in [1.82, 2.24) is 0 Å². The van der Waals surface area contributed by atoms with Crippen molar-refractivity contribution in [2.24, 2.45) is 0 Å². The maximum absolute atomic E-state index is 9.79. The van der Waals surface area contributed by atoms with Crippen molar-refractivity contribution in [2.45, 2.75) is 57.5 Å². The highest BCUT2D eigenvalue weighted by atomic mass is 16.5. The van der Waals surface area contributed by atoms with Crippen molar-refractivity contribution in [1.29, 1.82) is 0 Å². The van der Waals surface area contributed by atoms with E-state index in [4.69, 9.17) is 9.84 Å². The number of rotatable bonds is 6. The van der Waals surface area contributed by atoms with E-state index < -0.39 is 0 Å². The minimum atomic E-state index is 0.107. The van der Waals surface area contributed by atoms with Gasteiger partial charge in [0, 0.05) is 13.2 Å². The van der Waals surface area contributed by atoms with Gasteiger partial charge in [0.25, 0.3) is 0 Å². The summed E-state index contributed by atoms with van der Waals surface area (Å²) in [5.41, 5.74) is 2.70.